The second-order valence-electron chi connectivity index (χ2n) is 3.85. The maximum atomic E-state index is 13.6. The summed E-state index contributed by atoms with van der Waals surface area (Å²) in [5.41, 5.74) is 0.485. The monoisotopic (exact) mass is 252 g/mol. The molecule has 0 amide bonds. The molecule has 4 nitrogen and oxygen atoms in total. The van der Waals surface area contributed by atoms with Crippen LogP contribution in [-0.4, -0.2) is 20.6 Å². The molecule has 0 atom stereocenters. The fourth-order valence-electron chi connectivity index (χ4n) is 1.70. The van der Waals surface area contributed by atoms with E-state index >= 15 is 0 Å². The zero-order valence-corrected chi connectivity index (χ0v) is 9.52. The average Bonchev–Trinajstić information content (AvgIpc) is 2.62. The van der Waals surface area contributed by atoms with E-state index in [1.807, 2.05) is 0 Å². The minimum absolute atomic E-state index is 0.0515. The summed E-state index contributed by atoms with van der Waals surface area (Å²) in [5.74, 6) is -2.22. The first-order valence-electron chi connectivity index (χ1n) is 5.18. The Hall–Kier alpha value is -2.24. The second-order valence-corrected chi connectivity index (χ2v) is 3.85. The van der Waals surface area contributed by atoms with Crippen LogP contribution < -0.4 is 0 Å². The topological polar surface area (TPSA) is 55.1 Å². The molecule has 0 unspecified atom stereocenters. The van der Waals surface area contributed by atoms with Gasteiger partial charge in [-0.15, -0.1) is 0 Å². The summed E-state index contributed by atoms with van der Waals surface area (Å²) in [6.45, 7) is 1.30. The molecule has 1 heterocycles. The minimum atomic E-state index is -1.08. The van der Waals surface area contributed by atoms with E-state index in [0.29, 0.717) is 5.69 Å². The second kappa shape index (κ2) is 4.56. The number of aliphatic carboxylic acids is 1. The van der Waals surface area contributed by atoms with Gasteiger partial charge in [-0.3, -0.25) is 4.79 Å². The molecule has 0 spiro atoms. The van der Waals surface area contributed by atoms with Crippen molar-refractivity contribution in [1.29, 1.82) is 0 Å². The lowest BCUT2D eigenvalue weighted by atomic mass is 10.2. The Morgan fingerprint density at radius 1 is 1.44 bits per heavy atom. The fraction of sp³-hybridized carbons (Fsp3) is 0.167. The molecule has 0 saturated heterocycles. The molecule has 0 fully saturated rings. The van der Waals surface area contributed by atoms with Crippen molar-refractivity contribution in [3.8, 4) is 11.4 Å². The maximum Gasteiger partial charge on any atom is 0.323 e. The maximum absolute atomic E-state index is 13.6. The number of hydrogen-bond donors (Lipinski definition) is 1. The molecule has 2 aromatic rings. The highest BCUT2D eigenvalue weighted by molar-refractivity contribution is 5.68. The van der Waals surface area contributed by atoms with Crippen molar-refractivity contribution >= 4 is 5.97 Å². The van der Waals surface area contributed by atoms with Crippen molar-refractivity contribution in [2.75, 3.05) is 0 Å². The average molecular weight is 252 g/mol. The highest BCUT2D eigenvalue weighted by Gasteiger charge is 2.15. The van der Waals surface area contributed by atoms with Crippen molar-refractivity contribution in [3.05, 3.63) is 41.7 Å². The summed E-state index contributed by atoms with van der Waals surface area (Å²) in [6.07, 6.45) is 1.48. The molecular weight excluding hydrogens is 242 g/mol. The summed E-state index contributed by atoms with van der Waals surface area (Å²) >= 11 is 0. The van der Waals surface area contributed by atoms with Crippen molar-refractivity contribution < 1.29 is 18.7 Å². The molecule has 1 aromatic heterocycles. The van der Waals surface area contributed by atoms with Gasteiger partial charge < -0.3 is 9.67 Å². The lowest BCUT2D eigenvalue weighted by Gasteiger charge is -2.06. The molecule has 2 rings (SSSR count). The van der Waals surface area contributed by atoms with E-state index in [4.69, 9.17) is 5.11 Å². The van der Waals surface area contributed by atoms with E-state index in [1.54, 1.807) is 6.92 Å². The van der Waals surface area contributed by atoms with E-state index < -0.39 is 17.6 Å². The van der Waals surface area contributed by atoms with Gasteiger partial charge in [-0.2, -0.15) is 0 Å². The van der Waals surface area contributed by atoms with Crippen LogP contribution in [0, 0.1) is 18.6 Å². The number of hydrogen-bond acceptors (Lipinski definition) is 2. The molecule has 94 valence electrons. The van der Waals surface area contributed by atoms with Gasteiger partial charge >= 0.3 is 5.97 Å². The Labute approximate surface area is 102 Å². The van der Waals surface area contributed by atoms with Gasteiger partial charge in [-0.25, -0.2) is 13.8 Å². The summed E-state index contributed by atoms with van der Waals surface area (Å²) in [6, 6.07) is 2.98. The summed E-state index contributed by atoms with van der Waals surface area (Å²) in [5, 5.41) is 8.75. The highest BCUT2D eigenvalue weighted by Crippen LogP contribution is 2.23. The van der Waals surface area contributed by atoms with Crippen molar-refractivity contribution in [2.24, 2.45) is 0 Å². The molecule has 0 saturated carbocycles. The quantitative estimate of drug-likeness (QED) is 0.911. The van der Waals surface area contributed by atoms with Crippen LogP contribution in [0.15, 0.2) is 24.4 Å². The van der Waals surface area contributed by atoms with Gasteiger partial charge in [0.1, 0.15) is 24.0 Å². The molecule has 0 radical (unpaired) electrons. The van der Waals surface area contributed by atoms with E-state index in [-0.39, 0.29) is 17.9 Å². The Kier molecular flexibility index (Phi) is 3.10. The molecule has 0 aliphatic rings. The first-order chi connectivity index (χ1) is 8.47. The van der Waals surface area contributed by atoms with Gasteiger partial charge in [-0.1, -0.05) is 0 Å². The van der Waals surface area contributed by atoms with Gasteiger partial charge in [0.15, 0.2) is 0 Å². The Morgan fingerprint density at radius 2 is 2.17 bits per heavy atom. The predicted molar refractivity (Wildman–Crippen MR) is 60.0 cm³/mol. The number of carboxylic acids is 1. The first kappa shape index (κ1) is 12.2. The number of aryl methyl sites for hydroxylation is 1. The summed E-state index contributed by atoms with van der Waals surface area (Å²) in [7, 11) is 0. The summed E-state index contributed by atoms with van der Waals surface area (Å²) in [4.78, 5) is 14.7. The number of carbonyl (C=O) groups is 1. The molecule has 1 aromatic carbocycles. The normalized spacial score (nSPS) is 10.6. The molecule has 1 N–H and O–H groups in total. The molecule has 6 heteroatoms. The SMILES string of the molecule is Cc1cn(CC(=O)O)c(-c2cc(F)ccc2F)n1. The lowest BCUT2D eigenvalue weighted by molar-refractivity contribution is -0.137. The van der Waals surface area contributed by atoms with Crippen LogP contribution in [0.1, 0.15) is 5.69 Å². The number of aromatic nitrogens is 2. The smallest absolute Gasteiger partial charge is 0.323 e. The largest absolute Gasteiger partial charge is 0.480 e. The number of rotatable bonds is 3. The van der Waals surface area contributed by atoms with Crippen LogP contribution in [0.3, 0.4) is 0 Å². The van der Waals surface area contributed by atoms with E-state index in [9.17, 15) is 13.6 Å². The number of nitrogens with zero attached hydrogens (tertiary/aromatic N) is 2. The first-order valence-corrected chi connectivity index (χ1v) is 5.18. The van der Waals surface area contributed by atoms with Gasteiger partial charge in [0.2, 0.25) is 0 Å². The molecule has 0 bridgehead atoms. The van der Waals surface area contributed by atoms with Crippen molar-refractivity contribution in [3.63, 3.8) is 0 Å². The highest BCUT2D eigenvalue weighted by atomic mass is 19.1. The van der Waals surface area contributed by atoms with E-state index in [1.165, 1.54) is 10.8 Å². The Morgan fingerprint density at radius 3 is 2.83 bits per heavy atom. The number of halogens is 2. The van der Waals surface area contributed by atoms with Crippen LogP contribution in [0.4, 0.5) is 8.78 Å². The fourth-order valence-corrected chi connectivity index (χ4v) is 1.70. The summed E-state index contributed by atoms with van der Waals surface area (Å²) < 4.78 is 28.0. The van der Waals surface area contributed by atoms with Gasteiger partial charge in [0.05, 0.1) is 11.3 Å². The van der Waals surface area contributed by atoms with E-state index in [2.05, 4.69) is 4.98 Å². The third-order valence-electron chi connectivity index (χ3n) is 2.37. The zero-order valence-electron chi connectivity index (χ0n) is 9.52. The van der Waals surface area contributed by atoms with Crippen molar-refractivity contribution in [2.45, 2.75) is 13.5 Å². The molecule has 0 aliphatic heterocycles. The Balaban J connectivity index is 2.55. The lowest BCUT2D eigenvalue weighted by Crippen LogP contribution is -2.09. The predicted octanol–water partition coefficient (Wildman–Crippen LogP) is 2.22. The Bertz CT molecular complexity index is 608. The minimum Gasteiger partial charge on any atom is -0.480 e. The van der Waals surface area contributed by atoms with Crippen LogP contribution in [0.2, 0.25) is 0 Å². The van der Waals surface area contributed by atoms with E-state index in [0.717, 1.165) is 18.2 Å². The van der Waals surface area contributed by atoms with Crippen LogP contribution in [0.25, 0.3) is 11.4 Å². The van der Waals surface area contributed by atoms with Crippen molar-refractivity contribution in [1.82, 2.24) is 9.55 Å². The van der Waals surface area contributed by atoms with Gasteiger partial charge in [0, 0.05) is 6.20 Å². The molecular formula is C12H10F2N2O2. The third kappa shape index (κ3) is 2.37. The number of benzene rings is 1. The number of carboxylic acid groups (broad SMARTS) is 1. The van der Waals surface area contributed by atoms with Gasteiger partial charge in [0.25, 0.3) is 0 Å². The van der Waals surface area contributed by atoms with Crippen LogP contribution in [0.5, 0.6) is 0 Å². The van der Waals surface area contributed by atoms with Crippen LogP contribution >= 0.6 is 0 Å². The third-order valence-corrected chi connectivity index (χ3v) is 2.37. The molecule has 0 aliphatic carbocycles. The zero-order chi connectivity index (χ0) is 13.3. The van der Waals surface area contributed by atoms with Crippen LogP contribution in [-0.2, 0) is 11.3 Å². The molecule has 18 heavy (non-hydrogen) atoms. The standard InChI is InChI=1S/C12H10F2N2O2/c1-7-5-16(6-11(17)18)12(15-7)9-4-8(13)2-3-10(9)14/h2-5H,6H2,1H3,(H,17,18). The number of imidazole rings is 1. The van der Waals surface area contributed by atoms with Gasteiger partial charge in [-0.05, 0) is 25.1 Å².